The molecule has 0 saturated heterocycles. The van der Waals surface area contributed by atoms with Crippen molar-refractivity contribution in [2.24, 2.45) is 5.92 Å². The van der Waals surface area contributed by atoms with Gasteiger partial charge in [-0.25, -0.2) is 0 Å². The van der Waals surface area contributed by atoms with Gasteiger partial charge in [0.05, 0.1) is 4.92 Å². The second-order valence-corrected chi connectivity index (χ2v) is 6.10. The Kier molecular flexibility index (Phi) is 4.83. The minimum atomic E-state index is -0.722. The van der Waals surface area contributed by atoms with Crippen molar-refractivity contribution in [3.63, 3.8) is 0 Å². The van der Waals surface area contributed by atoms with E-state index in [0.717, 1.165) is 30.5 Å². The van der Waals surface area contributed by atoms with Gasteiger partial charge >= 0.3 is 5.69 Å². The van der Waals surface area contributed by atoms with Crippen LogP contribution in [-0.2, 0) is 11.3 Å². The van der Waals surface area contributed by atoms with Crippen LogP contribution in [0.5, 0.6) is 5.75 Å². The number of carbonyl (C=O) groups excluding carboxylic acids is 2. The summed E-state index contributed by atoms with van der Waals surface area (Å²) < 4.78 is 0. The molecule has 1 aliphatic rings. The average molecular weight is 355 g/mol. The first-order valence-corrected chi connectivity index (χ1v) is 8.09. The fraction of sp³-hybridized carbons (Fsp3) is 0.222. The van der Waals surface area contributed by atoms with E-state index in [2.05, 4.69) is 10.6 Å². The van der Waals surface area contributed by atoms with Crippen LogP contribution in [-0.4, -0.2) is 21.8 Å². The maximum atomic E-state index is 12.1. The molecular weight excluding hydrogens is 338 g/mol. The highest BCUT2D eigenvalue weighted by atomic mass is 16.6. The molecule has 0 aromatic heterocycles. The van der Waals surface area contributed by atoms with Crippen molar-refractivity contribution < 1.29 is 19.6 Å². The van der Waals surface area contributed by atoms with Gasteiger partial charge in [0.15, 0.2) is 5.75 Å². The number of nitro groups is 1. The molecule has 0 bridgehead atoms. The Hall–Kier alpha value is -3.42. The van der Waals surface area contributed by atoms with E-state index in [9.17, 15) is 24.8 Å². The lowest BCUT2D eigenvalue weighted by Crippen LogP contribution is -2.22. The van der Waals surface area contributed by atoms with Gasteiger partial charge in [0, 0.05) is 29.8 Å². The SMILES string of the molecule is O=C(NCc1ccc(NC(=O)C2CC2)cc1)c1ccc([N+](=O)[O-])c(O)c1. The molecule has 0 heterocycles. The summed E-state index contributed by atoms with van der Waals surface area (Å²) in [7, 11) is 0. The number of benzene rings is 2. The molecule has 2 aromatic rings. The molecule has 8 heteroatoms. The van der Waals surface area contributed by atoms with Crippen molar-refractivity contribution in [3.05, 3.63) is 63.7 Å². The van der Waals surface area contributed by atoms with E-state index in [0.29, 0.717) is 5.69 Å². The average Bonchev–Trinajstić information content (AvgIpc) is 3.45. The zero-order valence-corrected chi connectivity index (χ0v) is 13.8. The van der Waals surface area contributed by atoms with Crippen LogP contribution in [0.25, 0.3) is 0 Å². The number of rotatable bonds is 6. The van der Waals surface area contributed by atoms with Crippen LogP contribution in [0.3, 0.4) is 0 Å². The molecule has 0 radical (unpaired) electrons. The van der Waals surface area contributed by atoms with Gasteiger partial charge in [-0.2, -0.15) is 0 Å². The van der Waals surface area contributed by atoms with E-state index in [1.165, 1.54) is 6.07 Å². The zero-order chi connectivity index (χ0) is 18.7. The van der Waals surface area contributed by atoms with Crippen LogP contribution in [0.4, 0.5) is 11.4 Å². The van der Waals surface area contributed by atoms with Gasteiger partial charge in [-0.05, 0) is 42.7 Å². The van der Waals surface area contributed by atoms with Crippen molar-refractivity contribution in [1.29, 1.82) is 0 Å². The number of nitrogens with one attached hydrogen (secondary N) is 2. The third-order valence-corrected chi connectivity index (χ3v) is 4.06. The molecule has 3 N–H and O–H groups in total. The maximum Gasteiger partial charge on any atom is 0.310 e. The smallest absolute Gasteiger partial charge is 0.310 e. The number of phenols is 1. The standard InChI is InChI=1S/C18H17N3O5/c22-16-9-13(5-8-15(16)21(25)26)17(23)19-10-11-1-6-14(7-2-11)20-18(24)12-3-4-12/h1-2,5-9,12,22H,3-4,10H2,(H,19,23)(H,20,24). The van der Waals surface area contributed by atoms with E-state index < -0.39 is 22.3 Å². The number of amides is 2. The number of carbonyl (C=O) groups is 2. The highest BCUT2D eigenvalue weighted by Gasteiger charge is 2.29. The summed E-state index contributed by atoms with van der Waals surface area (Å²) >= 11 is 0. The van der Waals surface area contributed by atoms with Crippen LogP contribution in [0.15, 0.2) is 42.5 Å². The molecule has 134 valence electrons. The highest BCUT2D eigenvalue weighted by Crippen LogP contribution is 2.30. The second-order valence-electron chi connectivity index (χ2n) is 6.10. The summed E-state index contributed by atoms with van der Waals surface area (Å²) in [6, 6.07) is 10.5. The normalized spacial score (nSPS) is 13.1. The summed E-state index contributed by atoms with van der Waals surface area (Å²) in [6.07, 6.45) is 1.88. The van der Waals surface area contributed by atoms with Crippen LogP contribution >= 0.6 is 0 Å². The predicted molar refractivity (Wildman–Crippen MR) is 93.7 cm³/mol. The van der Waals surface area contributed by atoms with Gasteiger partial charge in [-0.3, -0.25) is 19.7 Å². The number of nitrogens with zero attached hydrogens (tertiary/aromatic N) is 1. The van der Waals surface area contributed by atoms with E-state index in [1.807, 2.05) is 0 Å². The van der Waals surface area contributed by atoms with Crippen molar-refractivity contribution in [2.75, 3.05) is 5.32 Å². The summed E-state index contributed by atoms with van der Waals surface area (Å²) in [5.74, 6) is -0.851. The lowest BCUT2D eigenvalue weighted by atomic mass is 10.1. The molecule has 0 unspecified atom stereocenters. The Labute approximate surface area is 149 Å². The van der Waals surface area contributed by atoms with E-state index >= 15 is 0 Å². The molecule has 1 saturated carbocycles. The van der Waals surface area contributed by atoms with Gasteiger partial charge in [0.2, 0.25) is 5.91 Å². The lowest BCUT2D eigenvalue weighted by molar-refractivity contribution is -0.385. The van der Waals surface area contributed by atoms with Crippen molar-refractivity contribution in [3.8, 4) is 5.75 Å². The molecule has 1 aliphatic carbocycles. The lowest BCUT2D eigenvalue weighted by Gasteiger charge is -2.08. The molecule has 2 amide bonds. The molecule has 26 heavy (non-hydrogen) atoms. The van der Waals surface area contributed by atoms with Gasteiger partial charge in [-0.1, -0.05) is 12.1 Å². The molecule has 0 atom stereocenters. The first kappa shape index (κ1) is 17.4. The Bertz CT molecular complexity index is 860. The number of phenolic OH excluding ortho intramolecular Hbond substituents is 1. The number of aromatic hydroxyl groups is 1. The molecular formula is C18H17N3O5. The first-order valence-electron chi connectivity index (χ1n) is 8.09. The van der Waals surface area contributed by atoms with Crippen LogP contribution < -0.4 is 10.6 Å². The second kappa shape index (κ2) is 7.22. The molecule has 0 spiro atoms. The quantitative estimate of drug-likeness (QED) is 0.543. The molecule has 2 aromatic carbocycles. The summed E-state index contributed by atoms with van der Waals surface area (Å²) in [5, 5.41) is 25.8. The molecule has 1 fully saturated rings. The summed E-state index contributed by atoms with van der Waals surface area (Å²) in [4.78, 5) is 33.7. The Balaban J connectivity index is 1.56. The first-order chi connectivity index (χ1) is 12.4. The number of hydrogen-bond donors (Lipinski definition) is 3. The van der Waals surface area contributed by atoms with Gasteiger partial charge in [0.1, 0.15) is 0 Å². The maximum absolute atomic E-state index is 12.1. The van der Waals surface area contributed by atoms with Crippen molar-refractivity contribution >= 4 is 23.2 Å². The van der Waals surface area contributed by atoms with Crippen molar-refractivity contribution in [1.82, 2.24) is 5.32 Å². The highest BCUT2D eigenvalue weighted by molar-refractivity contribution is 5.95. The fourth-order valence-corrected chi connectivity index (χ4v) is 2.40. The third kappa shape index (κ3) is 4.15. The number of hydrogen-bond acceptors (Lipinski definition) is 5. The Morgan fingerprint density at radius 2 is 1.85 bits per heavy atom. The summed E-state index contributed by atoms with van der Waals surface area (Å²) in [6.45, 7) is 0.243. The third-order valence-electron chi connectivity index (χ3n) is 4.06. The zero-order valence-electron chi connectivity index (χ0n) is 13.8. The minimum absolute atomic E-state index is 0.0315. The molecule has 8 nitrogen and oxygen atoms in total. The fourth-order valence-electron chi connectivity index (χ4n) is 2.40. The van der Waals surface area contributed by atoms with Gasteiger partial charge in [0.25, 0.3) is 5.91 Å². The van der Waals surface area contributed by atoms with Gasteiger partial charge < -0.3 is 15.7 Å². The number of nitro benzene ring substituents is 1. The molecule has 3 rings (SSSR count). The van der Waals surface area contributed by atoms with Crippen LogP contribution in [0, 0.1) is 16.0 Å². The van der Waals surface area contributed by atoms with E-state index in [4.69, 9.17) is 0 Å². The largest absolute Gasteiger partial charge is 0.502 e. The minimum Gasteiger partial charge on any atom is -0.502 e. The number of anilines is 1. The van der Waals surface area contributed by atoms with Gasteiger partial charge in [-0.15, -0.1) is 0 Å². The predicted octanol–water partition coefficient (Wildman–Crippen LogP) is 2.58. The van der Waals surface area contributed by atoms with Crippen molar-refractivity contribution in [2.45, 2.75) is 19.4 Å². The molecule has 0 aliphatic heterocycles. The Morgan fingerprint density at radius 1 is 1.15 bits per heavy atom. The topological polar surface area (TPSA) is 122 Å². The van der Waals surface area contributed by atoms with Crippen LogP contribution in [0.2, 0.25) is 0 Å². The van der Waals surface area contributed by atoms with Crippen LogP contribution in [0.1, 0.15) is 28.8 Å². The van der Waals surface area contributed by atoms with E-state index in [-0.39, 0.29) is 23.9 Å². The summed E-state index contributed by atoms with van der Waals surface area (Å²) in [5.41, 5.74) is 1.21. The Morgan fingerprint density at radius 3 is 2.42 bits per heavy atom. The van der Waals surface area contributed by atoms with E-state index in [1.54, 1.807) is 24.3 Å². The monoisotopic (exact) mass is 355 g/mol.